The fourth-order valence-electron chi connectivity index (χ4n) is 0.903. The summed E-state index contributed by atoms with van der Waals surface area (Å²) >= 11 is 5.12. The van der Waals surface area contributed by atoms with E-state index in [1.807, 2.05) is 0 Å². The number of hydrogen-bond donors (Lipinski definition) is 0. The van der Waals surface area contributed by atoms with Crippen LogP contribution in [0.4, 0.5) is 8.78 Å². The normalized spacial score (nSPS) is 10.5. The van der Waals surface area contributed by atoms with Crippen LogP contribution in [0, 0.1) is 6.92 Å². The summed E-state index contributed by atoms with van der Waals surface area (Å²) in [7, 11) is 0. The first kappa shape index (κ1) is 10.1. The Balaban J connectivity index is 3.13. The molecule has 0 aromatic carbocycles. The van der Waals surface area contributed by atoms with Crippen LogP contribution < -0.4 is 0 Å². The lowest BCUT2D eigenvalue weighted by atomic mass is 10.1. The Morgan fingerprint density at radius 1 is 1.62 bits per heavy atom. The van der Waals surface area contributed by atoms with E-state index in [2.05, 4.69) is 4.98 Å². The van der Waals surface area contributed by atoms with Crippen LogP contribution in [0.25, 0.3) is 0 Å². The van der Waals surface area contributed by atoms with Gasteiger partial charge >= 0.3 is 0 Å². The fraction of sp³-hybridized carbons (Fsp3) is 0.250. The molecule has 0 aliphatic carbocycles. The molecular formula is C8H6ClF2NO. The molecule has 0 atom stereocenters. The third-order valence-electron chi connectivity index (χ3n) is 1.59. The molecule has 70 valence electrons. The molecule has 0 aliphatic heterocycles. The third kappa shape index (κ3) is 2.21. The number of hydrogen-bond acceptors (Lipinski definition) is 2. The first-order valence-electron chi connectivity index (χ1n) is 3.47. The Kier molecular flexibility index (Phi) is 2.93. The van der Waals surface area contributed by atoms with E-state index >= 15 is 0 Å². The van der Waals surface area contributed by atoms with E-state index in [9.17, 15) is 13.6 Å². The van der Waals surface area contributed by atoms with Crippen molar-refractivity contribution in [2.24, 2.45) is 0 Å². The minimum Gasteiger partial charge on any atom is -0.274 e. The number of carbonyl (C=O) groups is 1. The van der Waals surface area contributed by atoms with Gasteiger partial charge in [-0.15, -0.1) is 0 Å². The number of carbonyl (C=O) groups excluding carboxylic acids is 1. The summed E-state index contributed by atoms with van der Waals surface area (Å²) in [5.74, 6) is 0. The molecule has 1 aromatic rings. The molecule has 0 N–H and O–H groups in total. The van der Waals surface area contributed by atoms with Crippen LogP contribution in [-0.4, -0.2) is 10.2 Å². The maximum atomic E-state index is 12.2. The van der Waals surface area contributed by atoms with Gasteiger partial charge in [0.1, 0.15) is 5.69 Å². The molecule has 1 rings (SSSR count). The molecule has 5 heteroatoms. The van der Waals surface area contributed by atoms with Crippen LogP contribution in [0.3, 0.4) is 0 Å². The Bertz CT molecular complexity index is 341. The van der Waals surface area contributed by atoms with E-state index in [0.29, 0.717) is 5.56 Å². The van der Waals surface area contributed by atoms with Gasteiger partial charge in [0.2, 0.25) is 0 Å². The summed E-state index contributed by atoms with van der Waals surface area (Å²) in [5.41, 5.74) is 0.124. The number of halogens is 3. The van der Waals surface area contributed by atoms with Crippen LogP contribution in [0.1, 0.15) is 28.0 Å². The number of rotatable bonds is 2. The van der Waals surface area contributed by atoms with E-state index in [1.54, 1.807) is 0 Å². The standard InChI is InChI=1S/C8H6ClF2NO/c1-4-2-6(7(9)13)12-3-5(4)8(10)11/h2-3,8H,1H3. The van der Waals surface area contributed by atoms with E-state index in [-0.39, 0.29) is 11.3 Å². The highest BCUT2D eigenvalue weighted by atomic mass is 35.5. The van der Waals surface area contributed by atoms with Gasteiger partial charge in [0.15, 0.2) is 0 Å². The smallest absolute Gasteiger partial charge is 0.270 e. The zero-order valence-electron chi connectivity index (χ0n) is 6.72. The van der Waals surface area contributed by atoms with Gasteiger partial charge in [0, 0.05) is 11.8 Å². The van der Waals surface area contributed by atoms with E-state index in [1.165, 1.54) is 13.0 Å². The lowest BCUT2D eigenvalue weighted by Gasteiger charge is -2.03. The molecule has 0 saturated heterocycles. The highest BCUT2D eigenvalue weighted by Gasteiger charge is 2.13. The van der Waals surface area contributed by atoms with Gasteiger partial charge < -0.3 is 0 Å². The van der Waals surface area contributed by atoms with Crippen molar-refractivity contribution in [3.63, 3.8) is 0 Å². The zero-order chi connectivity index (χ0) is 10.0. The number of nitrogens with zero attached hydrogens (tertiary/aromatic N) is 1. The predicted octanol–water partition coefficient (Wildman–Crippen LogP) is 2.71. The average molecular weight is 206 g/mol. The van der Waals surface area contributed by atoms with Gasteiger partial charge in [0.05, 0.1) is 0 Å². The summed E-state index contributed by atoms with van der Waals surface area (Å²) < 4.78 is 24.4. The van der Waals surface area contributed by atoms with Gasteiger partial charge in [-0.2, -0.15) is 0 Å². The fourth-order valence-corrected chi connectivity index (χ4v) is 1.01. The van der Waals surface area contributed by atoms with Crippen molar-refractivity contribution in [2.75, 3.05) is 0 Å². The SMILES string of the molecule is Cc1cc(C(=O)Cl)ncc1C(F)F. The van der Waals surface area contributed by atoms with Crippen LogP contribution in [-0.2, 0) is 0 Å². The Morgan fingerprint density at radius 2 is 2.23 bits per heavy atom. The minimum absolute atomic E-state index is 0.0106. The highest BCUT2D eigenvalue weighted by Crippen LogP contribution is 2.22. The maximum absolute atomic E-state index is 12.2. The molecule has 13 heavy (non-hydrogen) atoms. The Labute approximate surface area is 78.5 Å². The zero-order valence-corrected chi connectivity index (χ0v) is 7.48. The molecule has 0 fully saturated rings. The molecule has 1 heterocycles. The molecule has 0 unspecified atom stereocenters. The van der Waals surface area contributed by atoms with Gasteiger partial charge in [0.25, 0.3) is 11.7 Å². The van der Waals surface area contributed by atoms with E-state index < -0.39 is 11.7 Å². The first-order chi connectivity index (χ1) is 6.02. The van der Waals surface area contributed by atoms with Crippen molar-refractivity contribution in [2.45, 2.75) is 13.3 Å². The van der Waals surface area contributed by atoms with Crippen molar-refractivity contribution in [3.05, 3.63) is 29.1 Å². The monoisotopic (exact) mass is 205 g/mol. The summed E-state index contributed by atoms with van der Waals surface area (Å²) in [6.45, 7) is 1.48. The number of aromatic nitrogens is 1. The van der Waals surface area contributed by atoms with E-state index in [4.69, 9.17) is 11.6 Å². The average Bonchev–Trinajstić information content (AvgIpc) is 2.03. The van der Waals surface area contributed by atoms with Crippen molar-refractivity contribution in [1.82, 2.24) is 4.98 Å². The third-order valence-corrected chi connectivity index (χ3v) is 1.78. The van der Waals surface area contributed by atoms with Crippen molar-refractivity contribution >= 4 is 16.8 Å². The predicted molar refractivity (Wildman–Crippen MR) is 44.1 cm³/mol. The second-order valence-corrected chi connectivity index (χ2v) is 2.84. The lowest BCUT2D eigenvalue weighted by molar-refractivity contribution is 0.107. The number of pyridine rings is 1. The number of alkyl halides is 2. The molecule has 0 saturated carbocycles. The lowest BCUT2D eigenvalue weighted by Crippen LogP contribution is -1.98. The molecule has 0 amide bonds. The Morgan fingerprint density at radius 3 is 2.62 bits per heavy atom. The van der Waals surface area contributed by atoms with Gasteiger partial charge in [-0.05, 0) is 30.2 Å². The van der Waals surface area contributed by atoms with Crippen LogP contribution in [0.5, 0.6) is 0 Å². The summed E-state index contributed by atoms with van der Waals surface area (Å²) in [5, 5.41) is -0.746. The van der Waals surface area contributed by atoms with Crippen molar-refractivity contribution in [3.8, 4) is 0 Å². The van der Waals surface area contributed by atoms with Crippen LogP contribution >= 0.6 is 11.6 Å². The summed E-state index contributed by atoms with van der Waals surface area (Å²) in [4.78, 5) is 14.1. The molecule has 0 bridgehead atoms. The second kappa shape index (κ2) is 3.79. The Hall–Kier alpha value is -1.03. The van der Waals surface area contributed by atoms with Gasteiger partial charge in [-0.3, -0.25) is 9.78 Å². The van der Waals surface area contributed by atoms with Crippen LogP contribution in [0.2, 0.25) is 0 Å². The quantitative estimate of drug-likeness (QED) is 0.695. The molecular weight excluding hydrogens is 200 g/mol. The molecule has 1 aromatic heterocycles. The molecule has 2 nitrogen and oxygen atoms in total. The largest absolute Gasteiger partial charge is 0.274 e. The highest BCUT2D eigenvalue weighted by molar-refractivity contribution is 6.67. The van der Waals surface area contributed by atoms with Crippen molar-refractivity contribution < 1.29 is 13.6 Å². The number of aryl methyl sites for hydroxylation is 1. The van der Waals surface area contributed by atoms with E-state index in [0.717, 1.165) is 6.20 Å². The molecule has 0 spiro atoms. The van der Waals surface area contributed by atoms with Gasteiger partial charge in [-0.1, -0.05) is 0 Å². The summed E-state index contributed by atoms with van der Waals surface area (Å²) in [6, 6.07) is 1.25. The van der Waals surface area contributed by atoms with Crippen LogP contribution in [0.15, 0.2) is 12.3 Å². The van der Waals surface area contributed by atoms with Gasteiger partial charge in [-0.25, -0.2) is 8.78 Å². The summed E-state index contributed by atoms with van der Waals surface area (Å²) in [6.07, 6.45) is -1.61. The minimum atomic E-state index is -2.58. The first-order valence-corrected chi connectivity index (χ1v) is 3.84. The maximum Gasteiger partial charge on any atom is 0.270 e. The van der Waals surface area contributed by atoms with Crippen molar-refractivity contribution in [1.29, 1.82) is 0 Å². The molecule has 0 aliphatic rings. The molecule has 0 radical (unpaired) electrons. The second-order valence-electron chi connectivity index (χ2n) is 2.50. The topological polar surface area (TPSA) is 30.0 Å².